The third kappa shape index (κ3) is 6.40. The maximum absolute atomic E-state index is 13.1. The molecule has 0 saturated heterocycles. The molecule has 3 aromatic rings. The lowest BCUT2D eigenvalue weighted by Gasteiger charge is -2.21. The van der Waals surface area contributed by atoms with Gasteiger partial charge in [0.2, 0.25) is 15.2 Å². The van der Waals surface area contributed by atoms with Gasteiger partial charge in [-0.25, -0.2) is 13.4 Å². The number of aromatic nitrogens is 1. The molecule has 3 rings (SSSR count). The van der Waals surface area contributed by atoms with E-state index in [9.17, 15) is 8.42 Å². The van der Waals surface area contributed by atoms with Gasteiger partial charge in [-0.15, -0.1) is 11.3 Å². The summed E-state index contributed by atoms with van der Waals surface area (Å²) in [5.41, 5.74) is 6.53. The van der Waals surface area contributed by atoms with E-state index in [0.29, 0.717) is 28.8 Å². The van der Waals surface area contributed by atoms with E-state index in [1.54, 1.807) is 28.7 Å². The van der Waals surface area contributed by atoms with Crippen molar-refractivity contribution < 1.29 is 8.42 Å². The number of benzene rings is 2. The quantitative estimate of drug-likeness (QED) is 0.301. The highest BCUT2D eigenvalue weighted by molar-refractivity contribution is 7.89. The molecule has 0 bridgehead atoms. The summed E-state index contributed by atoms with van der Waals surface area (Å²) in [6.07, 6.45) is 3.30. The summed E-state index contributed by atoms with van der Waals surface area (Å²) < 4.78 is 27.8. The monoisotopic (exact) mass is 485 g/mol. The fraction of sp³-hybridized carbons (Fsp3) is 0.333. The van der Waals surface area contributed by atoms with E-state index in [1.165, 1.54) is 11.3 Å². The Morgan fingerprint density at radius 3 is 2.39 bits per heavy atom. The Kier molecular flexibility index (Phi) is 8.60. The lowest BCUT2D eigenvalue weighted by Crippen LogP contribution is -2.32. The van der Waals surface area contributed by atoms with Crippen LogP contribution >= 0.6 is 11.3 Å². The zero-order valence-electron chi connectivity index (χ0n) is 19.5. The van der Waals surface area contributed by atoms with Gasteiger partial charge in [-0.05, 0) is 42.7 Å². The number of sulfonamides is 1. The molecule has 0 saturated carbocycles. The third-order valence-corrected chi connectivity index (χ3v) is 7.64. The number of hydrogen-bond donors (Lipinski definition) is 1. The van der Waals surface area contributed by atoms with Crippen molar-refractivity contribution >= 4 is 38.4 Å². The van der Waals surface area contributed by atoms with Gasteiger partial charge in [0.1, 0.15) is 0 Å². The summed E-state index contributed by atoms with van der Waals surface area (Å²) >= 11 is 1.42. The third-order valence-electron chi connectivity index (χ3n) is 5.00. The first-order chi connectivity index (χ1) is 15.8. The summed E-state index contributed by atoms with van der Waals surface area (Å²) in [6.45, 7) is 5.00. The molecule has 1 N–H and O–H groups in total. The van der Waals surface area contributed by atoms with E-state index in [1.807, 2.05) is 68.6 Å². The lowest BCUT2D eigenvalue weighted by atomic mass is 10.2. The van der Waals surface area contributed by atoms with Crippen molar-refractivity contribution in [2.45, 2.75) is 31.6 Å². The number of nitrogens with one attached hydrogen (secondary N) is 1. The standard InChI is InChI=1S/C24H31N5O2S2/c1-5-14-29(15-6-2)33(30,31)22-9-7-8-20(16-22)23-18-32-24(26-23)27-25-17-19-10-12-21(13-11-19)28(3)4/h7-13,16-18H,5-6,14-15H2,1-4H3,(H,26,27)/b25-17+. The van der Waals surface area contributed by atoms with Crippen LogP contribution in [0.3, 0.4) is 0 Å². The minimum Gasteiger partial charge on any atom is -0.378 e. The molecule has 176 valence electrons. The first kappa shape index (κ1) is 24.9. The Morgan fingerprint density at radius 2 is 1.76 bits per heavy atom. The van der Waals surface area contributed by atoms with Gasteiger partial charge in [-0.1, -0.05) is 38.1 Å². The van der Waals surface area contributed by atoms with Crippen LogP contribution in [0.25, 0.3) is 11.3 Å². The molecule has 9 heteroatoms. The van der Waals surface area contributed by atoms with Crippen LogP contribution in [0.5, 0.6) is 0 Å². The summed E-state index contributed by atoms with van der Waals surface area (Å²) in [6, 6.07) is 15.0. The molecule has 0 radical (unpaired) electrons. The van der Waals surface area contributed by atoms with Crippen LogP contribution in [0, 0.1) is 0 Å². The average Bonchev–Trinajstić information content (AvgIpc) is 3.28. The van der Waals surface area contributed by atoms with Crippen molar-refractivity contribution in [1.82, 2.24) is 9.29 Å². The number of hydrazone groups is 1. The summed E-state index contributed by atoms with van der Waals surface area (Å²) in [5.74, 6) is 0. The fourth-order valence-electron chi connectivity index (χ4n) is 3.29. The van der Waals surface area contributed by atoms with Crippen molar-refractivity contribution in [3.8, 4) is 11.3 Å². The Labute approximate surface area is 200 Å². The molecule has 0 atom stereocenters. The highest BCUT2D eigenvalue weighted by Gasteiger charge is 2.23. The molecule has 0 aliphatic rings. The Balaban J connectivity index is 1.72. The molecule has 0 spiro atoms. The van der Waals surface area contributed by atoms with E-state index >= 15 is 0 Å². The normalized spacial score (nSPS) is 11.9. The first-order valence-electron chi connectivity index (χ1n) is 11.0. The van der Waals surface area contributed by atoms with Gasteiger partial charge < -0.3 is 4.90 Å². The molecule has 33 heavy (non-hydrogen) atoms. The molecule has 7 nitrogen and oxygen atoms in total. The average molecular weight is 486 g/mol. The first-order valence-corrected chi connectivity index (χ1v) is 13.3. The van der Waals surface area contributed by atoms with Gasteiger partial charge in [-0.3, -0.25) is 5.43 Å². The molecule has 0 fully saturated rings. The van der Waals surface area contributed by atoms with Gasteiger partial charge in [0, 0.05) is 43.8 Å². The van der Waals surface area contributed by atoms with E-state index in [2.05, 4.69) is 15.5 Å². The second-order valence-corrected chi connectivity index (χ2v) is 10.6. The van der Waals surface area contributed by atoms with Gasteiger partial charge in [0.15, 0.2) is 0 Å². The van der Waals surface area contributed by atoms with Crippen molar-refractivity contribution in [1.29, 1.82) is 0 Å². The van der Waals surface area contributed by atoms with Crippen LogP contribution in [0.15, 0.2) is 63.9 Å². The maximum Gasteiger partial charge on any atom is 0.243 e. The van der Waals surface area contributed by atoms with Crippen LogP contribution in [0.1, 0.15) is 32.3 Å². The molecule has 1 heterocycles. The highest BCUT2D eigenvalue weighted by Crippen LogP contribution is 2.28. The van der Waals surface area contributed by atoms with Crippen molar-refractivity contribution in [2.75, 3.05) is 37.5 Å². The molecule has 0 unspecified atom stereocenters. The maximum atomic E-state index is 13.1. The predicted molar refractivity (Wildman–Crippen MR) is 139 cm³/mol. The zero-order valence-corrected chi connectivity index (χ0v) is 21.2. The summed E-state index contributed by atoms with van der Waals surface area (Å²) in [5, 5.41) is 6.80. The smallest absolute Gasteiger partial charge is 0.243 e. The van der Waals surface area contributed by atoms with Crippen molar-refractivity contribution in [3.63, 3.8) is 0 Å². The molecule has 0 aliphatic heterocycles. The topological polar surface area (TPSA) is 77.9 Å². The molecule has 0 amide bonds. The second-order valence-electron chi connectivity index (χ2n) is 7.83. The van der Waals surface area contributed by atoms with E-state index in [-0.39, 0.29) is 0 Å². The molecule has 1 aromatic heterocycles. The minimum absolute atomic E-state index is 0.295. The lowest BCUT2D eigenvalue weighted by molar-refractivity contribution is 0.410. The van der Waals surface area contributed by atoms with Crippen molar-refractivity contribution in [3.05, 3.63) is 59.5 Å². The number of nitrogens with zero attached hydrogens (tertiary/aromatic N) is 4. The van der Waals surface area contributed by atoms with Gasteiger partial charge in [0.25, 0.3) is 0 Å². The molecular weight excluding hydrogens is 454 g/mol. The Hall–Kier alpha value is -2.75. The van der Waals surface area contributed by atoms with Crippen LogP contribution in [0.2, 0.25) is 0 Å². The number of hydrogen-bond acceptors (Lipinski definition) is 7. The Morgan fingerprint density at radius 1 is 1.06 bits per heavy atom. The van der Waals surface area contributed by atoms with Gasteiger partial charge >= 0.3 is 0 Å². The van der Waals surface area contributed by atoms with Gasteiger partial charge in [0.05, 0.1) is 16.8 Å². The van der Waals surface area contributed by atoms with Crippen LogP contribution in [0.4, 0.5) is 10.8 Å². The SMILES string of the molecule is CCCN(CCC)S(=O)(=O)c1cccc(-c2csc(N/N=C/c3ccc(N(C)C)cc3)n2)c1. The zero-order chi connectivity index (χ0) is 23.8. The summed E-state index contributed by atoms with van der Waals surface area (Å²) in [4.78, 5) is 6.91. The second kappa shape index (κ2) is 11.4. The molecule has 0 aliphatic carbocycles. The van der Waals surface area contributed by atoms with Gasteiger partial charge in [-0.2, -0.15) is 9.41 Å². The van der Waals surface area contributed by atoms with E-state index < -0.39 is 10.0 Å². The van der Waals surface area contributed by atoms with E-state index in [4.69, 9.17) is 0 Å². The predicted octanol–water partition coefficient (Wildman–Crippen LogP) is 5.13. The number of thiazole rings is 1. The number of anilines is 2. The van der Waals surface area contributed by atoms with E-state index in [0.717, 1.165) is 29.7 Å². The fourth-order valence-corrected chi connectivity index (χ4v) is 5.63. The van der Waals surface area contributed by atoms with Crippen LogP contribution in [-0.2, 0) is 10.0 Å². The highest BCUT2D eigenvalue weighted by atomic mass is 32.2. The number of rotatable bonds is 11. The van der Waals surface area contributed by atoms with Crippen molar-refractivity contribution in [2.24, 2.45) is 5.10 Å². The van der Waals surface area contributed by atoms with Crippen LogP contribution in [-0.4, -0.2) is 51.1 Å². The summed E-state index contributed by atoms with van der Waals surface area (Å²) in [7, 11) is 0.469. The molecular formula is C24H31N5O2S2. The van der Waals surface area contributed by atoms with Crippen LogP contribution < -0.4 is 10.3 Å². The largest absolute Gasteiger partial charge is 0.378 e. The molecule has 2 aromatic carbocycles. The minimum atomic E-state index is -3.54. The Bertz CT molecular complexity index is 1170.